The summed E-state index contributed by atoms with van der Waals surface area (Å²) in [4.78, 5) is 39.4. The maximum absolute atomic E-state index is 13.5. The first-order chi connectivity index (χ1) is 12.2. The van der Waals surface area contributed by atoms with Crippen molar-refractivity contribution < 1.29 is 23.2 Å². The monoisotopic (exact) mass is 363 g/mol. The predicted molar refractivity (Wildman–Crippen MR) is 90.9 cm³/mol. The van der Waals surface area contributed by atoms with E-state index in [1.54, 1.807) is 0 Å². The Bertz CT molecular complexity index is 771. The van der Waals surface area contributed by atoms with Crippen LogP contribution in [0.25, 0.3) is 0 Å². The van der Waals surface area contributed by atoms with E-state index in [1.807, 2.05) is 0 Å². The molecule has 0 saturated carbocycles. The normalized spacial score (nSPS) is 19.3. The number of halogens is 2. The highest BCUT2D eigenvalue weighted by Crippen LogP contribution is 2.29. The fourth-order valence-corrected chi connectivity index (χ4v) is 2.67. The smallest absolute Gasteiger partial charge is 0.325 e. The Morgan fingerprint density at radius 2 is 1.85 bits per heavy atom. The number of carbonyl (C=O) groups is 3. The molecule has 2 rings (SSSR count). The molecule has 26 heavy (non-hydrogen) atoms. The molecule has 1 N–H and O–H groups in total. The number of carbonyl (C=O) groups excluding carboxylic acids is 3. The highest BCUT2D eigenvalue weighted by atomic mass is 19.2. The molecule has 138 valence electrons. The van der Waals surface area contributed by atoms with Gasteiger partial charge in [-0.3, -0.25) is 14.5 Å². The molecule has 6 nitrogen and oxygen atoms in total. The van der Waals surface area contributed by atoms with Crippen LogP contribution >= 0.6 is 0 Å². The van der Waals surface area contributed by atoms with Gasteiger partial charge in [0.05, 0.1) is 0 Å². The zero-order valence-electron chi connectivity index (χ0n) is 14.3. The Balaban J connectivity index is 2.24. The lowest BCUT2D eigenvalue weighted by Gasteiger charge is -2.24. The summed E-state index contributed by atoms with van der Waals surface area (Å²) in [7, 11) is 0. The second-order valence-corrected chi connectivity index (χ2v) is 5.95. The van der Waals surface area contributed by atoms with Crippen LogP contribution in [0.2, 0.25) is 0 Å². The zero-order valence-corrected chi connectivity index (χ0v) is 14.3. The lowest BCUT2D eigenvalue weighted by molar-refractivity contribution is -0.138. The van der Waals surface area contributed by atoms with Crippen LogP contribution in [0.3, 0.4) is 0 Å². The molecule has 1 aromatic carbocycles. The Kier molecular flexibility index (Phi) is 5.54. The minimum Gasteiger partial charge on any atom is -0.334 e. The number of rotatable bonds is 7. The maximum Gasteiger partial charge on any atom is 0.325 e. The molecule has 1 fully saturated rings. The standard InChI is InChI=1S/C18H19F2N3O3/c1-4-8-22(9-5-2)15(24)11-23-16(25)18(3,21-17(23)26)12-6-7-13(19)14(20)10-12/h4-7,10H,1-2,8-9,11H2,3H3,(H,21,26). The first kappa shape index (κ1) is 19.3. The summed E-state index contributed by atoms with van der Waals surface area (Å²) in [5, 5.41) is 2.44. The van der Waals surface area contributed by atoms with E-state index in [0.29, 0.717) is 0 Å². The van der Waals surface area contributed by atoms with E-state index >= 15 is 0 Å². The van der Waals surface area contributed by atoms with Crippen LogP contribution in [0.15, 0.2) is 43.5 Å². The van der Waals surface area contributed by atoms with Gasteiger partial charge >= 0.3 is 6.03 Å². The van der Waals surface area contributed by atoms with E-state index in [4.69, 9.17) is 0 Å². The molecule has 1 saturated heterocycles. The number of hydrogen-bond donors (Lipinski definition) is 1. The largest absolute Gasteiger partial charge is 0.334 e. The van der Waals surface area contributed by atoms with Crippen LogP contribution in [-0.4, -0.2) is 47.3 Å². The van der Waals surface area contributed by atoms with Gasteiger partial charge in [-0.15, -0.1) is 13.2 Å². The van der Waals surface area contributed by atoms with Gasteiger partial charge in [0.15, 0.2) is 11.6 Å². The van der Waals surface area contributed by atoms with Crippen LogP contribution in [0.5, 0.6) is 0 Å². The SMILES string of the molecule is C=CCN(CC=C)C(=O)CN1C(=O)NC(C)(c2ccc(F)c(F)c2)C1=O. The van der Waals surface area contributed by atoms with Crippen LogP contribution in [-0.2, 0) is 15.1 Å². The van der Waals surface area contributed by atoms with Crippen molar-refractivity contribution in [1.82, 2.24) is 15.1 Å². The van der Waals surface area contributed by atoms with E-state index in [9.17, 15) is 23.2 Å². The first-order valence-corrected chi connectivity index (χ1v) is 7.83. The van der Waals surface area contributed by atoms with Gasteiger partial charge in [0, 0.05) is 13.1 Å². The van der Waals surface area contributed by atoms with Gasteiger partial charge in [0.25, 0.3) is 5.91 Å². The Morgan fingerprint density at radius 1 is 1.23 bits per heavy atom. The molecule has 0 aromatic heterocycles. The number of nitrogens with zero attached hydrogens (tertiary/aromatic N) is 2. The molecule has 4 amide bonds. The van der Waals surface area contributed by atoms with Gasteiger partial charge in [-0.1, -0.05) is 18.2 Å². The van der Waals surface area contributed by atoms with Crippen molar-refractivity contribution in [3.05, 3.63) is 60.7 Å². The summed E-state index contributed by atoms with van der Waals surface area (Å²) >= 11 is 0. The fourth-order valence-electron chi connectivity index (χ4n) is 2.67. The number of benzene rings is 1. The van der Waals surface area contributed by atoms with Crippen molar-refractivity contribution in [3.8, 4) is 0 Å². The van der Waals surface area contributed by atoms with E-state index in [0.717, 1.165) is 17.0 Å². The summed E-state index contributed by atoms with van der Waals surface area (Å²) in [5.41, 5.74) is -1.51. The van der Waals surface area contributed by atoms with E-state index in [2.05, 4.69) is 18.5 Å². The van der Waals surface area contributed by atoms with Gasteiger partial charge in [0.2, 0.25) is 5.91 Å². The summed E-state index contributed by atoms with van der Waals surface area (Å²) in [5.74, 6) is -3.39. The average Bonchev–Trinajstić information content (AvgIpc) is 2.81. The van der Waals surface area contributed by atoms with Crippen molar-refractivity contribution in [2.24, 2.45) is 0 Å². The van der Waals surface area contributed by atoms with Gasteiger partial charge in [0.1, 0.15) is 12.1 Å². The van der Waals surface area contributed by atoms with E-state index in [-0.39, 0.29) is 18.7 Å². The Morgan fingerprint density at radius 3 is 2.38 bits per heavy atom. The highest BCUT2D eigenvalue weighted by molar-refractivity contribution is 6.09. The topological polar surface area (TPSA) is 69.7 Å². The predicted octanol–water partition coefficient (Wildman–Crippen LogP) is 1.93. The molecule has 1 aliphatic rings. The lowest BCUT2D eigenvalue weighted by atomic mass is 9.92. The molecule has 0 radical (unpaired) electrons. The number of urea groups is 1. The molecular weight excluding hydrogens is 344 g/mol. The Labute approximate surface area is 149 Å². The van der Waals surface area contributed by atoms with Crippen LogP contribution in [0.1, 0.15) is 12.5 Å². The van der Waals surface area contributed by atoms with Gasteiger partial charge in [-0.2, -0.15) is 0 Å². The summed E-state index contributed by atoms with van der Waals surface area (Å²) in [6.07, 6.45) is 3.03. The third-order valence-corrected chi connectivity index (χ3v) is 4.12. The van der Waals surface area contributed by atoms with E-state index < -0.39 is 41.6 Å². The summed E-state index contributed by atoms with van der Waals surface area (Å²) in [6, 6.07) is 2.15. The van der Waals surface area contributed by atoms with Crippen LogP contribution < -0.4 is 5.32 Å². The van der Waals surface area contributed by atoms with Gasteiger partial charge in [-0.25, -0.2) is 13.6 Å². The number of hydrogen-bond acceptors (Lipinski definition) is 3. The molecule has 1 aliphatic heterocycles. The molecule has 0 aliphatic carbocycles. The second kappa shape index (κ2) is 7.47. The summed E-state index contributed by atoms with van der Waals surface area (Å²) < 4.78 is 26.7. The lowest BCUT2D eigenvalue weighted by Crippen LogP contribution is -2.44. The fraction of sp³-hybridized carbons (Fsp3) is 0.278. The maximum atomic E-state index is 13.5. The van der Waals surface area contributed by atoms with Crippen molar-refractivity contribution in [2.75, 3.05) is 19.6 Å². The third-order valence-electron chi connectivity index (χ3n) is 4.12. The van der Waals surface area contributed by atoms with Crippen molar-refractivity contribution in [1.29, 1.82) is 0 Å². The molecule has 8 heteroatoms. The third kappa shape index (κ3) is 3.49. The van der Waals surface area contributed by atoms with Crippen LogP contribution in [0.4, 0.5) is 13.6 Å². The molecular formula is C18H19F2N3O3. The zero-order chi connectivity index (χ0) is 19.5. The Hall–Kier alpha value is -3.03. The van der Waals surface area contributed by atoms with Gasteiger partial charge in [-0.05, 0) is 24.6 Å². The van der Waals surface area contributed by atoms with Gasteiger partial charge < -0.3 is 10.2 Å². The minimum absolute atomic E-state index is 0.0822. The minimum atomic E-state index is -1.59. The molecule has 1 atom stereocenters. The molecule has 0 spiro atoms. The molecule has 1 unspecified atom stereocenters. The first-order valence-electron chi connectivity index (χ1n) is 7.83. The number of amides is 4. The quantitative estimate of drug-likeness (QED) is 0.595. The second-order valence-electron chi connectivity index (χ2n) is 5.95. The number of imide groups is 1. The van der Waals surface area contributed by atoms with Crippen molar-refractivity contribution in [2.45, 2.75) is 12.5 Å². The molecule has 1 heterocycles. The average molecular weight is 363 g/mol. The molecule has 1 aromatic rings. The van der Waals surface area contributed by atoms with E-state index in [1.165, 1.54) is 30.0 Å². The summed E-state index contributed by atoms with van der Waals surface area (Å²) in [6.45, 7) is 8.45. The highest BCUT2D eigenvalue weighted by Gasteiger charge is 2.49. The number of nitrogens with one attached hydrogen (secondary N) is 1. The molecule has 0 bridgehead atoms. The van der Waals surface area contributed by atoms with Crippen molar-refractivity contribution in [3.63, 3.8) is 0 Å². The van der Waals surface area contributed by atoms with Crippen LogP contribution in [0, 0.1) is 11.6 Å². The van der Waals surface area contributed by atoms with Crippen molar-refractivity contribution >= 4 is 17.8 Å².